The Labute approximate surface area is 131 Å². The van der Waals surface area contributed by atoms with Gasteiger partial charge >= 0.3 is 0 Å². The molecule has 4 heteroatoms. The van der Waals surface area contributed by atoms with Gasteiger partial charge in [-0.3, -0.25) is 0 Å². The SMILES string of the molecule is COc1cccc(CS(=O)(=O)Cc2ccccc2C2CC2)c1. The van der Waals surface area contributed by atoms with E-state index in [1.807, 2.05) is 36.4 Å². The normalized spacial score (nSPS) is 14.8. The highest BCUT2D eigenvalue weighted by molar-refractivity contribution is 7.89. The maximum absolute atomic E-state index is 12.5. The Hall–Kier alpha value is -1.81. The number of hydrogen-bond acceptors (Lipinski definition) is 3. The van der Waals surface area contributed by atoms with Crippen LogP contribution in [0.4, 0.5) is 0 Å². The number of benzene rings is 2. The summed E-state index contributed by atoms with van der Waals surface area (Å²) in [6, 6.07) is 15.2. The van der Waals surface area contributed by atoms with E-state index in [9.17, 15) is 8.42 Å². The molecule has 0 N–H and O–H groups in total. The van der Waals surface area contributed by atoms with Gasteiger partial charge < -0.3 is 4.74 Å². The molecule has 0 unspecified atom stereocenters. The molecule has 3 rings (SSSR count). The Morgan fingerprint density at radius 3 is 2.55 bits per heavy atom. The van der Waals surface area contributed by atoms with Crippen molar-refractivity contribution in [1.82, 2.24) is 0 Å². The molecule has 0 amide bonds. The fraction of sp³-hybridized carbons (Fsp3) is 0.333. The van der Waals surface area contributed by atoms with E-state index in [1.165, 1.54) is 18.4 Å². The van der Waals surface area contributed by atoms with Crippen molar-refractivity contribution in [2.24, 2.45) is 0 Å². The highest BCUT2D eigenvalue weighted by atomic mass is 32.2. The highest BCUT2D eigenvalue weighted by Gasteiger charge is 2.27. The minimum atomic E-state index is -3.20. The highest BCUT2D eigenvalue weighted by Crippen LogP contribution is 2.42. The Morgan fingerprint density at radius 1 is 1.05 bits per heavy atom. The zero-order valence-electron chi connectivity index (χ0n) is 12.7. The third kappa shape index (κ3) is 3.69. The van der Waals surface area contributed by atoms with Crippen molar-refractivity contribution >= 4 is 9.84 Å². The van der Waals surface area contributed by atoms with Gasteiger partial charge in [-0.2, -0.15) is 0 Å². The monoisotopic (exact) mass is 316 g/mol. The molecular weight excluding hydrogens is 296 g/mol. The van der Waals surface area contributed by atoms with Crippen LogP contribution in [0.2, 0.25) is 0 Å². The Kier molecular flexibility index (Phi) is 4.21. The second kappa shape index (κ2) is 6.13. The molecule has 0 bridgehead atoms. The Morgan fingerprint density at radius 2 is 1.82 bits per heavy atom. The van der Waals surface area contributed by atoms with Crippen LogP contribution in [0.3, 0.4) is 0 Å². The molecule has 1 fully saturated rings. The predicted molar refractivity (Wildman–Crippen MR) is 87.7 cm³/mol. The molecule has 2 aromatic carbocycles. The summed E-state index contributed by atoms with van der Waals surface area (Å²) in [5.41, 5.74) is 2.92. The third-order valence-corrected chi connectivity index (χ3v) is 5.49. The van der Waals surface area contributed by atoms with E-state index in [1.54, 1.807) is 13.2 Å². The standard InChI is InChI=1S/C18H20O3S/c1-21-17-7-4-5-14(11-17)12-22(19,20)13-16-6-2-3-8-18(16)15-9-10-15/h2-8,11,15H,9-10,12-13H2,1H3. The van der Waals surface area contributed by atoms with E-state index in [0.717, 1.165) is 11.1 Å². The Balaban J connectivity index is 1.79. The minimum absolute atomic E-state index is 0.0448. The first-order chi connectivity index (χ1) is 10.6. The van der Waals surface area contributed by atoms with Crippen LogP contribution in [0.5, 0.6) is 5.75 Å². The lowest BCUT2D eigenvalue weighted by Gasteiger charge is -2.10. The number of ether oxygens (including phenoxy) is 1. The second-order valence-corrected chi connectivity index (χ2v) is 7.92. The van der Waals surface area contributed by atoms with Gasteiger partial charge in [0.05, 0.1) is 18.6 Å². The van der Waals surface area contributed by atoms with E-state index in [4.69, 9.17) is 4.74 Å². The van der Waals surface area contributed by atoms with Crippen molar-refractivity contribution in [3.63, 3.8) is 0 Å². The summed E-state index contributed by atoms with van der Waals surface area (Å²) in [5.74, 6) is 1.40. The number of rotatable bonds is 6. The third-order valence-electron chi connectivity index (χ3n) is 3.97. The average Bonchev–Trinajstić information content (AvgIpc) is 3.31. The van der Waals surface area contributed by atoms with E-state index >= 15 is 0 Å². The van der Waals surface area contributed by atoms with Gasteiger partial charge in [0.15, 0.2) is 9.84 Å². The van der Waals surface area contributed by atoms with E-state index in [2.05, 4.69) is 6.07 Å². The van der Waals surface area contributed by atoms with E-state index in [-0.39, 0.29) is 11.5 Å². The molecule has 0 heterocycles. The van der Waals surface area contributed by atoms with Crippen molar-refractivity contribution in [3.8, 4) is 5.75 Å². The lowest BCUT2D eigenvalue weighted by molar-refractivity contribution is 0.414. The van der Waals surface area contributed by atoms with Crippen molar-refractivity contribution in [2.75, 3.05) is 7.11 Å². The fourth-order valence-corrected chi connectivity index (χ4v) is 4.29. The van der Waals surface area contributed by atoms with Gasteiger partial charge in [-0.05, 0) is 47.6 Å². The molecular formula is C18H20O3S. The minimum Gasteiger partial charge on any atom is -0.497 e. The lowest BCUT2D eigenvalue weighted by atomic mass is 10.1. The number of sulfone groups is 1. The summed E-state index contributed by atoms with van der Waals surface area (Å²) in [6.07, 6.45) is 2.35. The molecule has 0 radical (unpaired) electrons. The molecule has 2 aromatic rings. The second-order valence-electron chi connectivity index (χ2n) is 5.86. The van der Waals surface area contributed by atoms with Crippen LogP contribution in [0.25, 0.3) is 0 Å². The van der Waals surface area contributed by atoms with Crippen LogP contribution >= 0.6 is 0 Å². The van der Waals surface area contributed by atoms with Crippen LogP contribution in [-0.2, 0) is 21.3 Å². The largest absolute Gasteiger partial charge is 0.497 e. The number of methoxy groups -OCH3 is 1. The molecule has 22 heavy (non-hydrogen) atoms. The maximum Gasteiger partial charge on any atom is 0.158 e. The summed E-state index contributed by atoms with van der Waals surface area (Å²) in [5, 5.41) is 0. The number of hydrogen-bond donors (Lipinski definition) is 0. The molecule has 3 nitrogen and oxygen atoms in total. The summed E-state index contributed by atoms with van der Waals surface area (Å²) in [4.78, 5) is 0. The summed E-state index contributed by atoms with van der Waals surface area (Å²) < 4.78 is 30.2. The molecule has 1 aliphatic rings. The molecule has 0 saturated heterocycles. The lowest BCUT2D eigenvalue weighted by Crippen LogP contribution is -2.09. The van der Waals surface area contributed by atoms with Gasteiger partial charge in [0.2, 0.25) is 0 Å². The maximum atomic E-state index is 12.5. The van der Waals surface area contributed by atoms with Crippen molar-refractivity contribution < 1.29 is 13.2 Å². The average molecular weight is 316 g/mol. The van der Waals surface area contributed by atoms with Crippen LogP contribution < -0.4 is 4.74 Å². The molecule has 1 aliphatic carbocycles. The zero-order chi connectivity index (χ0) is 15.6. The van der Waals surface area contributed by atoms with Gasteiger partial charge in [0.1, 0.15) is 5.75 Å². The molecule has 116 valence electrons. The van der Waals surface area contributed by atoms with E-state index < -0.39 is 9.84 Å². The van der Waals surface area contributed by atoms with Gasteiger partial charge in [0, 0.05) is 0 Å². The predicted octanol–water partition coefficient (Wildman–Crippen LogP) is 3.69. The van der Waals surface area contributed by atoms with Crippen LogP contribution in [0.1, 0.15) is 35.4 Å². The quantitative estimate of drug-likeness (QED) is 0.816. The van der Waals surface area contributed by atoms with Gasteiger partial charge in [-0.15, -0.1) is 0 Å². The first kappa shape index (κ1) is 15.1. The van der Waals surface area contributed by atoms with Gasteiger partial charge in [-0.25, -0.2) is 8.42 Å². The van der Waals surface area contributed by atoms with Crippen LogP contribution in [0.15, 0.2) is 48.5 Å². The van der Waals surface area contributed by atoms with Crippen molar-refractivity contribution in [3.05, 3.63) is 65.2 Å². The molecule has 0 aliphatic heterocycles. The smallest absolute Gasteiger partial charge is 0.158 e. The molecule has 0 aromatic heterocycles. The zero-order valence-corrected chi connectivity index (χ0v) is 13.5. The summed E-state index contributed by atoms with van der Waals surface area (Å²) in [6.45, 7) is 0. The molecule has 0 spiro atoms. The van der Waals surface area contributed by atoms with Gasteiger partial charge in [-0.1, -0.05) is 36.4 Å². The van der Waals surface area contributed by atoms with Gasteiger partial charge in [0.25, 0.3) is 0 Å². The summed E-state index contributed by atoms with van der Waals surface area (Å²) >= 11 is 0. The summed E-state index contributed by atoms with van der Waals surface area (Å²) in [7, 11) is -1.61. The van der Waals surface area contributed by atoms with Crippen LogP contribution in [0, 0.1) is 0 Å². The van der Waals surface area contributed by atoms with Crippen molar-refractivity contribution in [1.29, 1.82) is 0 Å². The van der Waals surface area contributed by atoms with E-state index in [0.29, 0.717) is 11.7 Å². The first-order valence-electron chi connectivity index (χ1n) is 7.48. The van der Waals surface area contributed by atoms with Crippen molar-refractivity contribution in [2.45, 2.75) is 30.3 Å². The molecule has 0 atom stereocenters. The Bertz CT molecular complexity index is 761. The first-order valence-corrected chi connectivity index (χ1v) is 9.31. The fourth-order valence-electron chi connectivity index (χ4n) is 2.76. The topological polar surface area (TPSA) is 43.4 Å². The molecule has 1 saturated carbocycles. The van der Waals surface area contributed by atoms with Crippen LogP contribution in [-0.4, -0.2) is 15.5 Å².